The topological polar surface area (TPSA) is 21.3 Å². The van der Waals surface area contributed by atoms with Crippen molar-refractivity contribution in [3.8, 4) is 5.75 Å². The summed E-state index contributed by atoms with van der Waals surface area (Å²) in [5, 5.41) is 3.17. The zero-order chi connectivity index (χ0) is 11.3. The number of hydrogen-bond acceptors (Lipinski definition) is 2. The average molecular weight is 205 g/mol. The molecule has 0 bridgehead atoms. The SMILES string of the molecule is C=CC(NC)c1cccc(OC(C)C)c1. The van der Waals surface area contributed by atoms with Gasteiger partial charge in [-0.15, -0.1) is 6.58 Å². The maximum atomic E-state index is 5.63. The standard InChI is InChI=1S/C13H19NO/c1-5-13(14-4)11-7-6-8-12(9-11)15-10(2)3/h5-10,13-14H,1H2,2-4H3. The molecule has 1 atom stereocenters. The van der Waals surface area contributed by atoms with Crippen LogP contribution in [0.5, 0.6) is 5.75 Å². The molecule has 0 heterocycles. The van der Waals surface area contributed by atoms with Crippen LogP contribution < -0.4 is 10.1 Å². The molecule has 1 aromatic rings. The zero-order valence-electron chi connectivity index (χ0n) is 9.66. The summed E-state index contributed by atoms with van der Waals surface area (Å²) in [5.41, 5.74) is 1.17. The second-order valence-electron chi connectivity index (χ2n) is 3.74. The molecule has 15 heavy (non-hydrogen) atoms. The highest BCUT2D eigenvalue weighted by Crippen LogP contribution is 2.20. The Hall–Kier alpha value is -1.28. The van der Waals surface area contributed by atoms with Crippen molar-refractivity contribution in [3.05, 3.63) is 42.5 Å². The molecule has 0 aliphatic rings. The van der Waals surface area contributed by atoms with Crippen molar-refractivity contribution in [1.29, 1.82) is 0 Å². The number of rotatable bonds is 5. The smallest absolute Gasteiger partial charge is 0.120 e. The molecular weight excluding hydrogens is 186 g/mol. The van der Waals surface area contributed by atoms with E-state index in [0.717, 1.165) is 5.75 Å². The van der Waals surface area contributed by atoms with E-state index in [-0.39, 0.29) is 12.1 Å². The summed E-state index contributed by atoms with van der Waals surface area (Å²) in [4.78, 5) is 0. The molecule has 1 rings (SSSR count). The van der Waals surface area contributed by atoms with Crippen LogP contribution in [0.1, 0.15) is 25.5 Å². The molecule has 0 saturated carbocycles. The van der Waals surface area contributed by atoms with E-state index < -0.39 is 0 Å². The van der Waals surface area contributed by atoms with Crippen molar-refractivity contribution in [3.63, 3.8) is 0 Å². The lowest BCUT2D eigenvalue weighted by molar-refractivity contribution is 0.242. The van der Waals surface area contributed by atoms with Gasteiger partial charge in [-0.1, -0.05) is 18.2 Å². The number of likely N-dealkylation sites (N-methyl/N-ethyl adjacent to an activating group) is 1. The maximum absolute atomic E-state index is 5.63. The normalized spacial score (nSPS) is 12.5. The molecule has 0 amide bonds. The fraction of sp³-hybridized carbons (Fsp3) is 0.385. The van der Waals surface area contributed by atoms with Crippen molar-refractivity contribution < 1.29 is 4.74 Å². The summed E-state index contributed by atoms with van der Waals surface area (Å²) in [5.74, 6) is 0.907. The van der Waals surface area contributed by atoms with Gasteiger partial charge in [-0.05, 0) is 38.6 Å². The van der Waals surface area contributed by atoms with Gasteiger partial charge in [-0.25, -0.2) is 0 Å². The van der Waals surface area contributed by atoms with Crippen LogP contribution in [0.4, 0.5) is 0 Å². The maximum Gasteiger partial charge on any atom is 0.120 e. The molecular formula is C13H19NO. The van der Waals surface area contributed by atoms with Crippen molar-refractivity contribution in [2.24, 2.45) is 0 Å². The fourth-order valence-electron chi connectivity index (χ4n) is 1.47. The van der Waals surface area contributed by atoms with Crippen LogP contribution in [0.2, 0.25) is 0 Å². The van der Waals surface area contributed by atoms with Crippen LogP contribution in [0.3, 0.4) is 0 Å². The number of ether oxygens (including phenoxy) is 1. The van der Waals surface area contributed by atoms with E-state index in [1.807, 2.05) is 45.2 Å². The summed E-state index contributed by atoms with van der Waals surface area (Å²) in [6.07, 6.45) is 2.09. The highest BCUT2D eigenvalue weighted by molar-refractivity contribution is 5.32. The zero-order valence-corrected chi connectivity index (χ0v) is 9.66. The summed E-state index contributed by atoms with van der Waals surface area (Å²) in [7, 11) is 1.92. The first-order valence-corrected chi connectivity index (χ1v) is 5.23. The summed E-state index contributed by atoms with van der Waals surface area (Å²) in [6, 6.07) is 8.26. The Bertz CT molecular complexity index is 320. The van der Waals surface area contributed by atoms with Gasteiger partial charge in [0.1, 0.15) is 5.75 Å². The minimum absolute atomic E-state index is 0.181. The molecule has 2 heteroatoms. The van der Waals surface area contributed by atoms with Gasteiger partial charge in [0.05, 0.1) is 12.1 Å². The van der Waals surface area contributed by atoms with E-state index in [4.69, 9.17) is 4.74 Å². The third-order valence-corrected chi connectivity index (χ3v) is 2.14. The van der Waals surface area contributed by atoms with Crippen molar-refractivity contribution >= 4 is 0 Å². The molecule has 2 nitrogen and oxygen atoms in total. The van der Waals surface area contributed by atoms with Crippen molar-refractivity contribution in [2.45, 2.75) is 26.0 Å². The van der Waals surface area contributed by atoms with E-state index in [0.29, 0.717) is 0 Å². The molecule has 0 aliphatic carbocycles. The van der Waals surface area contributed by atoms with Gasteiger partial charge in [0.25, 0.3) is 0 Å². The molecule has 82 valence electrons. The molecule has 1 N–H and O–H groups in total. The Morgan fingerprint density at radius 3 is 2.67 bits per heavy atom. The van der Waals surface area contributed by atoms with Gasteiger partial charge in [0, 0.05) is 0 Å². The van der Waals surface area contributed by atoms with Crippen molar-refractivity contribution in [2.75, 3.05) is 7.05 Å². The molecule has 0 fully saturated rings. The summed E-state index contributed by atoms with van der Waals surface area (Å²) < 4.78 is 5.63. The van der Waals surface area contributed by atoms with Gasteiger partial charge in [-0.3, -0.25) is 0 Å². The first-order valence-electron chi connectivity index (χ1n) is 5.23. The van der Waals surface area contributed by atoms with E-state index >= 15 is 0 Å². The van der Waals surface area contributed by atoms with Crippen molar-refractivity contribution in [1.82, 2.24) is 5.32 Å². The Morgan fingerprint density at radius 1 is 1.40 bits per heavy atom. The quantitative estimate of drug-likeness (QED) is 0.746. The average Bonchev–Trinajstić information content (AvgIpc) is 2.19. The van der Waals surface area contributed by atoms with Crippen LogP contribution in [0.25, 0.3) is 0 Å². The number of benzene rings is 1. The van der Waals surface area contributed by atoms with Gasteiger partial charge >= 0.3 is 0 Å². The first kappa shape index (κ1) is 11.8. The highest BCUT2D eigenvalue weighted by Gasteiger charge is 2.05. The first-order chi connectivity index (χ1) is 7.17. The number of nitrogens with one attached hydrogen (secondary N) is 1. The molecule has 0 radical (unpaired) electrons. The van der Waals surface area contributed by atoms with Gasteiger partial charge < -0.3 is 10.1 Å². The van der Waals surface area contributed by atoms with E-state index in [1.165, 1.54) is 5.56 Å². The second-order valence-corrected chi connectivity index (χ2v) is 3.74. The van der Waals surface area contributed by atoms with Crippen LogP contribution >= 0.6 is 0 Å². The van der Waals surface area contributed by atoms with Gasteiger partial charge in [0.15, 0.2) is 0 Å². The molecule has 0 spiro atoms. The minimum Gasteiger partial charge on any atom is -0.491 e. The summed E-state index contributed by atoms with van der Waals surface area (Å²) >= 11 is 0. The van der Waals surface area contributed by atoms with Gasteiger partial charge in [-0.2, -0.15) is 0 Å². The Kier molecular flexibility index (Phi) is 4.37. The van der Waals surface area contributed by atoms with E-state index in [9.17, 15) is 0 Å². The third kappa shape index (κ3) is 3.40. The fourth-order valence-corrected chi connectivity index (χ4v) is 1.47. The largest absolute Gasteiger partial charge is 0.491 e. The molecule has 0 saturated heterocycles. The van der Waals surface area contributed by atoms with E-state index in [2.05, 4.69) is 18.0 Å². The number of hydrogen-bond donors (Lipinski definition) is 1. The molecule has 1 aromatic carbocycles. The Morgan fingerprint density at radius 2 is 2.13 bits per heavy atom. The minimum atomic E-state index is 0.181. The van der Waals surface area contributed by atoms with Crippen LogP contribution in [-0.4, -0.2) is 13.2 Å². The predicted molar refractivity (Wildman–Crippen MR) is 64.2 cm³/mol. The molecule has 1 unspecified atom stereocenters. The lowest BCUT2D eigenvalue weighted by atomic mass is 10.1. The monoisotopic (exact) mass is 205 g/mol. The van der Waals surface area contributed by atoms with Gasteiger partial charge in [0.2, 0.25) is 0 Å². The molecule has 0 aliphatic heterocycles. The Labute approximate surface area is 92.0 Å². The summed E-state index contributed by atoms with van der Waals surface area (Å²) in [6.45, 7) is 7.84. The van der Waals surface area contributed by atoms with Crippen LogP contribution in [-0.2, 0) is 0 Å². The van der Waals surface area contributed by atoms with Crippen LogP contribution in [0, 0.1) is 0 Å². The van der Waals surface area contributed by atoms with E-state index in [1.54, 1.807) is 0 Å². The lowest BCUT2D eigenvalue weighted by Crippen LogP contribution is -2.13. The second kappa shape index (κ2) is 5.56. The Balaban J connectivity index is 2.86. The lowest BCUT2D eigenvalue weighted by Gasteiger charge is -2.14. The molecule has 0 aromatic heterocycles. The third-order valence-electron chi connectivity index (χ3n) is 2.14. The predicted octanol–water partition coefficient (Wildman–Crippen LogP) is 2.92. The van der Waals surface area contributed by atoms with Crippen LogP contribution in [0.15, 0.2) is 36.9 Å². The highest BCUT2D eigenvalue weighted by atomic mass is 16.5.